The number of aryl methyl sites for hydroxylation is 3. The van der Waals surface area contributed by atoms with E-state index in [1.165, 1.54) is 0 Å². The first-order valence-electron chi connectivity index (χ1n) is 7.70. The molecule has 2 amide bonds. The molecular formula is C18H21N3O2. The van der Waals surface area contributed by atoms with Gasteiger partial charge in [-0.15, -0.1) is 0 Å². The van der Waals surface area contributed by atoms with Crippen molar-refractivity contribution < 1.29 is 9.59 Å². The number of pyridine rings is 1. The van der Waals surface area contributed by atoms with Gasteiger partial charge in [-0.3, -0.25) is 9.59 Å². The third kappa shape index (κ3) is 4.16. The van der Waals surface area contributed by atoms with Gasteiger partial charge in [-0.2, -0.15) is 0 Å². The lowest BCUT2D eigenvalue weighted by Gasteiger charge is -2.14. The Morgan fingerprint density at radius 1 is 0.957 bits per heavy atom. The van der Waals surface area contributed by atoms with Crippen molar-refractivity contribution in [1.82, 2.24) is 4.98 Å². The molecule has 0 aliphatic heterocycles. The molecule has 0 fully saturated rings. The molecule has 1 heterocycles. The zero-order chi connectivity index (χ0) is 16.8. The minimum absolute atomic E-state index is 0.357. The Balaban J connectivity index is 2.12. The monoisotopic (exact) mass is 311 g/mol. The second-order valence-electron chi connectivity index (χ2n) is 5.29. The van der Waals surface area contributed by atoms with Gasteiger partial charge in [0, 0.05) is 11.9 Å². The van der Waals surface area contributed by atoms with Crippen molar-refractivity contribution in [2.75, 3.05) is 10.6 Å². The molecule has 0 unspecified atom stereocenters. The number of nitrogens with one attached hydrogen (secondary N) is 2. The van der Waals surface area contributed by atoms with Crippen LogP contribution in [0.2, 0.25) is 0 Å². The molecule has 0 spiro atoms. The Labute approximate surface area is 136 Å². The summed E-state index contributed by atoms with van der Waals surface area (Å²) < 4.78 is 0. The average molecular weight is 311 g/mol. The van der Waals surface area contributed by atoms with E-state index in [4.69, 9.17) is 0 Å². The van der Waals surface area contributed by atoms with E-state index in [1.54, 1.807) is 12.3 Å². The Kier molecular flexibility index (Phi) is 5.46. The van der Waals surface area contributed by atoms with Crippen LogP contribution in [0.4, 0.5) is 11.5 Å². The van der Waals surface area contributed by atoms with Crippen LogP contribution in [0.25, 0.3) is 0 Å². The van der Waals surface area contributed by atoms with E-state index in [-0.39, 0.29) is 0 Å². The molecule has 2 rings (SSSR count). The van der Waals surface area contributed by atoms with Gasteiger partial charge in [0.15, 0.2) is 0 Å². The molecule has 0 aliphatic rings. The van der Waals surface area contributed by atoms with Crippen molar-refractivity contribution in [3.63, 3.8) is 0 Å². The summed E-state index contributed by atoms with van der Waals surface area (Å²) in [5.41, 5.74) is 3.74. The smallest absolute Gasteiger partial charge is 0.315 e. The predicted molar refractivity (Wildman–Crippen MR) is 91.4 cm³/mol. The maximum Gasteiger partial charge on any atom is 0.315 e. The number of nitrogens with zero attached hydrogens (tertiary/aromatic N) is 1. The number of carbonyl (C=O) groups excluding carboxylic acids is 2. The van der Waals surface area contributed by atoms with E-state index in [2.05, 4.69) is 15.6 Å². The van der Waals surface area contributed by atoms with Crippen LogP contribution >= 0.6 is 0 Å². The molecule has 0 radical (unpaired) electrons. The summed E-state index contributed by atoms with van der Waals surface area (Å²) >= 11 is 0. The normalized spacial score (nSPS) is 10.2. The lowest BCUT2D eigenvalue weighted by Crippen LogP contribution is -2.30. The van der Waals surface area contributed by atoms with Crippen molar-refractivity contribution in [3.8, 4) is 0 Å². The molecule has 0 saturated carbocycles. The number of benzene rings is 1. The van der Waals surface area contributed by atoms with Crippen LogP contribution in [-0.4, -0.2) is 16.8 Å². The zero-order valence-electron chi connectivity index (χ0n) is 13.6. The van der Waals surface area contributed by atoms with Crippen LogP contribution in [0, 0.1) is 6.92 Å². The van der Waals surface area contributed by atoms with Crippen LogP contribution in [0.15, 0.2) is 36.5 Å². The molecule has 23 heavy (non-hydrogen) atoms. The van der Waals surface area contributed by atoms with Gasteiger partial charge in [-0.05, 0) is 42.5 Å². The summed E-state index contributed by atoms with van der Waals surface area (Å²) in [5.74, 6) is -1.06. The van der Waals surface area contributed by atoms with Gasteiger partial charge < -0.3 is 10.6 Å². The first-order chi connectivity index (χ1) is 11.0. The maximum atomic E-state index is 12.2. The fraction of sp³-hybridized carbons (Fsp3) is 0.278. The van der Waals surface area contributed by atoms with Crippen LogP contribution in [0.3, 0.4) is 0 Å². The number of hydrogen-bond donors (Lipinski definition) is 2. The fourth-order valence-corrected chi connectivity index (χ4v) is 2.29. The van der Waals surface area contributed by atoms with E-state index in [1.807, 2.05) is 45.0 Å². The summed E-state index contributed by atoms with van der Waals surface area (Å²) in [6.07, 6.45) is 3.20. The highest BCUT2D eigenvalue weighted by Crippen LogP contribution is 2.22. The number of hydrogen-bond acceptors (Lipinski definition) is 3. The van der Waals surface area contributed by atoms with E-state index in [0.717, 1.165) is 35.2 Å². The summed E-state index contributed by atoms with van der Waals surface area (Å²) in [6, 6.07) is 9.35. The largest absolute Gasteiger partial charge is 0.317 e. The summed E-state index contributed by atoms with van der Waals surface area (Å²) in [5, 5.41) is 5.24. The molecule has 1 aromatic heterocycles. The van der Waals surface area contributed by atoms with E-state index < -0.39 is 11.8 Å². The summed E-state index contributed by atoms with van der Waals surface area (Å²) in [6.45, 7) is 5.93. The van der Waals surface area contributed by atoms with Crippen LogP contribution < -0.4 is 10.6 Å². The van der Waals surface area contributed by atoms with Gasteiger partial charge in [0.05, 0.1) is 0 Å². The highest BCUT2D eigenvalue weighted by molar-refractivity contribution is 6.43. The van der Waals surface area contributed by atoms with Gasteiger partial charge in [0.25, 0.3) is 0 Å². The van der Waals surface area contributed by atoms with E-state index in [0.29, 0.717) is 5.82 Å². The molecule has 2 aromatic rings. The van der Waals surface area contributed by atoms with Gasteiger partial charge in [0.2, 0.25) is 0 Å². The molecule has 0 aliphatic carbocycles. The van der Waals surface area contributed by atoms with Crippen LogP contribution in [-0.2, 0) is 22.4 Å². The Bertz CT molecular complexity index is 686. The number of carbonyl (C=O) groups is 2. The quantitative estimate of drug-likeness (QED) is 0.852. The molecule has 1 aromatic carbocycles. The third-order valence-electron chi connectivity index (χ3n) is 3.60. The van der Waals surface area contributed by atoms with Crippen molar-refractivity contribution in [3.05, 3.63) is 53.2 Å². The highest BCUT2D eigenvalue weighted by atomic mass is 16.2. The van der Waals surface area contributed by atoms with Crippen LogP contribution in [0.1, 0.15) is 30.5 Å². The fourth-order valence-electron chi connectivity index (χ4n) is 2.29. The van der Waals surface area contributed by atoms with Gasteiger partial charge in [-0.1, -0.05) is 38.1 Å². The minimum atomic E-state index is -0.727. The van der Waals surface area contributed by atoms with Crippen molar-refractivity contribution >= 4 is 23.3 Å². The molecule has 5 heteroatoms. The second kappa shape index (κ2) is 7.54. The Morgan fingerprint density at radius 3 is 2.09 bits per heavy atom. The molecular weight excluding hydrogens is 290 g/mol. The lowest BCUT2D eigenvalue weighted by molar-refractivity contribution is -0.133. The van der Waals surface area contributed by atoms with Gasteiger partial charge >= 0.3 is 11.8 Å². The number of amides is 2. The average Bonchev–Trinajstić information content (AvgIpc) is 2.56. The van der Waals surface area contributed by atoms with Gasteiger partial charge in [-0.25, -0.2) is 4.98 Å². The van der Waals surface area contributed by atoms with Crippen molar-refractivity contribution in [1.29, 1.82) is 0 Å². The first kappa shape index (κ1) is 16.7. The molecule has 0 atom stereocenters. The number of aromatic nitrogens is 1. The molecule has 0 saturated heterocycles. The van der Waals surface area contributed by atoms with E-state index in [9.17, 15) is 9.59 Å². The van der Waals surface area contributed by atoms with Crippen LogP contribution in [0.5, 0.6) is 0 Å². The topological polar surface area (TPSA) is 71.1 Å². The zero-order valence-corrected chi connectivity index (χ0v) is 13.6. The first-order valence-corrected chi connectivity index (χ1v) is 7.70. The molecule has 0 bridgehead atoms. The second-order valence-corrected chi connectivity index (χ2v) is 5.29. The van der Waals surface area contributed by atoms with Gasteiger partial charge in [0.1, 0.15) is 5.82 Å². The highest BCUT2D eigenvalue weighted by Gasteiger charge is 2.17. The molecule has 120 valence electrons. The number of para-hydroxylation sites is 1. The Hall–Kier alpha value is -2.69. The van der Waals surface area contributed by atoms with E-state index >= 15 is 0 Å². The summed E-state index contributed by atoms with van der Waals surface area (Å²) in [7, 11) is 0. The number of rotatable bonds is 4. The molecule has 2 N–H and O–H groups in total. The number of anilines is 2. The lowest BCUT2D eigenvalue weighted by atomic mass is 10.0. The Morgan fingerprint density at radius 2 is 1.57 bits per heavy atom. The molecule has 5 nitrogen and oxygen atoms in total. The maximum absolute atomic E-state index is 12.2. The van der Waals surface area contributed by atoms with Crippen molar-refractivity contribution in [2.45, 2.75) is 33.6 Å². The summed E-state index contributed by atoms with van der Waals surface area (Å²) in [4.78, 5) is 28.3. The predicted octanol–water partition coefficient (Wildman–Crippen LogP) is 3.09. The van der Waals surface area contributed by atoms with Crippen molar-refractivity contribution in [2.24, 2.45) is 0 Å². The standard InChI is InChI=1S/C18H21N3O2/c1-4-13-7-6-8-14(5-2)16(13)21-18(23)17(22)20-15-10-9-12(3)11-19-15/h6-11H,4-5H2,1-3H3,(H,21,23)(H,19,20,22). The SMILES string of the molecule is CCc1cccc(CC)c1NC(=O)C(=O)Nc1ccc(C)cn1. The minimum Gasteiger partial charge on any atom is -0.317 e. The third-order valence-corrected chi connectivity index (χ3v) is 3.60.